The van der Waals surface area contributed by atoms with Gasteiger partial charge < -0.3 is 61.2 Å². The number of nitrogens with zero attached hydrogens (tertiary/aromatic N) is 3. The van der Waals surface area contributed by atoms with E-state index < -0.39 is 80.2 Å². The van der Waals surface area contributed by atoms with Gasteiger partial charge in [0.2, 0.25) is 17.3 Å². The van der Waals surface area contributed by atoms with E-state index in [0.717, 1.165) is 30.3 Å². The summed E-state index contributed by atoms with van der Waals surface area (Å²) in [6.07, 6.45) is 3.10. The molecule has 0 aliphatic heterocycles. The fraction of sp³-hybridized carbons (Fsp3) is 0.250. The summed E-state index contributed by atoms with van der Waals surface area (Å²) in [7, 11) is 1.64. The molecule has 24 nitrogen and oxygen atoms in total. The first-order valence-electron chi connectivity index (χ1n) is 24.8. The first kappa shape index (κ1) is 61.2. The number of benzene rings is 3. The van der Waals surface area contributed by atoms with Crippen molar-refractivity contribution in [3.8, 4) is 0 Å². The number of aromatic carboxylic acids is 6. The molecule has 0 saturated heterocycles. The maximum atomic E-state index is 12.6. The molecule has 0 atom stereocenters. The Morgan fingerprint density at radius 3 is 1.10 bits per heavy atom. The Balaban J connectivity index is 0.000000263. The minimum Gasteiger partial charge on any atom is -1.00 e. The molecule has 0 aliphatic rings. The van der Waals surface area contributed by atoms with Crippen LogP contribution in [0.3, 0.4) is 0 Å². The zero-order valence-corrected chi connectivity index (χ0v) is 46.5. The Labute approximate surface area is 487 Å². The molecule has 9 aromatic rings. The normalized spacial score (nSPS) is 11.0. The van der Waals surface area contributed by atoms with Gasteiger partial charge in [-0.3, -0.25) is 24.0 Å². The van der Waals surface area contributed by atoms with Crippen LogP contribution in [0.15, 0.2) is 91.8 Å². The summed E-state index contributed by atoms with van der Waals surface area (Å²) in [5.41, 5.74) is 0.0795. The minimum atomic E-state index is -1.39. The molecule has 0 aliphatic carbocycles. The molecular weight excluding hydrogens is 1090 g/mol. The summed E-state index contributed by atoms with van der Waals surface area (Å²) in [6.45, 7) is 9.66. The number of fused-ring (bicyclic) bond motifs is 6. The van der Waals surface area contributed by atoms with E-state index >= 15 is 0 Å². The number of nitrogens with one attached hydrogen (secondary N) is 1. The zero-order valence-electron chi connectivity index (χ0n) is 46.3. The molecule has 0 saturated carbocycles. The van der Waals surface area contributed by atoms with E-state index in [-0.39, 0.29) is 114 Å². The second-order valence-corrected chi connectivity index (χ2v) is 18.0. The van der Waals surface area contributed by atoms with Gasteiger partial charge in [-0.25, -0.2) is 33.8 Å². The van der Waals surface area contributed by atoms with Gasteiger partial charge in [-0.1, -0.05) is 40.0 Å². The van der Waals surface area contributed by atoms with Crippen molar-refractivity contribution in [3.63, 3.8) is 0 Å². The summed E-state index contributed by atoms with van der Waals surface area (Å²) < 4.78 is 19.3. The minimum absolute atomic E-state index is 0. The zero-order chi connectivity index (χ0) is 58.8. The third-order valence-electron chi connectivity index (χ3n) is 12.9. The molecule has 0 radical (unpaired) electrons. The molecule has 9 rings (SSSR count). The van der Waals surface area contributed by atoms with Gasteiger partial charge in [0.05, 0.1) is 32.7 Å². The fourth-order valence-electron chi connectivity index (χ4n) is 9.62. The van der Waals surface area contributed by atoms with Crippen molar-refractivity contribution in [1.82, 2.24) is 14.1 Å². The van der Waals surface area contributed by atoms with E-state index in [2.05, 4.69) is 10.3 Å². The van der Waals surface area contributed by atoms with Crippen molar-refractivity contribution in [2.75, 3.05) is 12.4 Å². The van der Waals surface area contributed by atoms with Crippen molar-refractivity contribution >= 4 is 145 Å². The number of hydrogen-bond acceptors (Lipinski definition) is 16. The largest absolute Gasteiger partial charge is 2.00 e. The summed E-state index contributed by atoms with van der Waals surface area (Å²) in [4.78, 5) is 135. The molecular formula is C56H52CaN4O20. The number of anilines is 1. The van der Waals surface area contributed by atoms with Crippen LogP contribution in [0.2, 0.25) is 0 Å². The number of hydrogen-bond donors (Lipinski definition) is 7. The van der Waals surface area contributed by atoms with Crippen LogP contribution < -0.4 is 32.5 Å². The molecule has 0 amide bonds. The molecule has 418 valence electrons. The molecule has 81 heavy (non-hydrogen) atoms. The van der Waals surface area contributed by atoms with Crippen LogP contribution in [0, 0.1) is 0 Å². The van der Waals surface area contributed by atoms with Crippen molar-refractivity contribution < 1.29 is 75.5 Å². The number of aryl methyl sites for hydroxylation is 5. The van der Waals surface area contributed by atoms with Gasteiger partial charge in [0.25, 0.3) is 0 Å². The van der Waals surface area contributed by atoms with Gasteiger partial charge in [-0.2, -0.15) is 0 Å². The quantitative estimate of drug-likeness (QED) is 0.0385. The van der Waals surface area contributed by atoms with Crippen LogP contribution in [0.25, 0.3) is 65.6 Å². The predicted octanol–water partition coefficient (Wildman–Crippen LogP) is 7.53. The molecule has 25 heteroatoms. The molecule has 0 spiro atoms. The van der Waals surface area contributed by atoms with E-state index in [9.17, 15) is 78.3 Å². The Morgan fingerprint density at radius 2 is 0.790 bits per heavy atom. The topological polar surface area (TPSA) is 383 Å². The van der Waals surface area contributed by atoms with Crippen LogP contribution >= 0.6 is 0 Å². The number of pyridine rings is 3. The average Bonchev–Trinajstić information content (AvgIpc) is 3.57. The van der Waals surface area contributed by atoms with Crippen molar-refractivity contribution in [2.24, 2.45) is 0 Å². The smallest absolute Gasteiger partial charge is 1.00 e. The molecule has 0 unspecified atom stereocenters. The Hall–Kier alpha value is -9.00. The number of aromatic nitrogens is 3. The Morgan fingerprint density at radius 1 is 0.457 bits per heavy atom. The maximum Gasteiger partial charge on any atom is 2.00 e. The molecule has 6 heterocycles. The molecule has 0 bridgehead atoms. The number of carboxylic acid groups (broad SMARTS) is 6. The van der Waals surface area contributed by atoms with Gasteiger partial charge in [0.15, 0.2) is 32.8 Å². The van der Waals surface area contributed by atoms with Gasteiger partial charge in [-0.15, -0.1) is 0 Å². The monoisotopic (exact) mass is 1140 g/mol. The molecule has 3 aromatic carbocycles. The fourth-order valence-corrected chi connectivity index (χ4v) is 9.62. The van der Waals surface area contributed by atoms with E-state index in [1.807, 2.05) is 20.8 Å². The van der Waals surface area contributed by atoms with E-state index in [4.69, 9.17) is 18.4 Å². The predicted molar refractivity (Wildman–Crippen MR) is 299 cm³/mol. The maximum absolute atomic E-state index is 12.6. The third-order valence-corrected chi connectivity index (χ3v) is 12.9. The second-order valence-electron chi connectivity index (χ2n) is 18.0. The van der Waals surface area contributed by atoms with Crippen LogP contribution in [0.5, 0.6) is 0 Å². The second kappa shape index (κ2) is 25.0. The van der Waals surface area contributed by atoms with Crippen LogP contribution in [-0.4, -0.2) is 125 Å². The Bertz CT molecular complexity index is 4270. The first-order valence-corrected chi connectivity index (χ1v) is 24.8. The number of rotatable bonds is 15. The van der Waals surface area contributed by atoms with Crippen LogP contribution in [0.4, 0.5) is 5.69 Å². The Kier molecular flexibility index (Phi) is 18.9. The summed E-state index contributed by atoms with van der Waals surface area (Å²) >= 11 is 0. The van der Waals surface area contributed by atoms with Crippen molar-refractivity contribution in [3.05, 3.63) is 157 Å². The molecule has 0 fully saturated rings. The summed E-state index contributed by atoms with van der Waals surface area (Å²) in [5.74, 6) is -9.30. The van der Waals surface area contributed by atoms with Crippen LogP contribution in [0.1, 0.15) is 137 Å². The van der Waals surface area contributed by atoms with E-state index in [1.165, 1.54) is 27.3 Å². The molecule has 6 aromatic heterocycles. The van der Waals surface area contributed by atoms with E-state index in [0.29, 0.717) is 82.8 Å². The SMILES string of the molecule is CCCc1c2nc(C(=O)O)cc(NC)c2cc2c(=O)cc(C(=O)O)oc12.CCCc1c2oc(C(=O)O)cc(=O)c2cc2c(=O)cc(C(=O)O)n(CC)c12.CCCc1c2oc(C(=O)O)cc(=O)c2cc2c(=O)cc(C(=O)O)n(CC)c12.[Ca+2].[H-].[H-]. The van der Waals surface area contributed by atoms with Crippen LogP contribution in [-0.2, 0) is 32.4 Å². The average molecular weight is 1140 g/mol. The van der Waals surface area contributed by atoms with Crippen molar-refractivity contribution in [2.45, 2.75) is 86.2 Å². The first-order chi connectivity index (χ1) is 38.0. The van der Waals surface area contributed by atoms with Crippen molar-refractivity contribution in [1.29, 1.82) is 0 Å². The van der Waals surface area contributed by atoms with Gasteiger partial charge in [0.1, 0.15) is 28.1 Å². The number of carbonyl (C=O) groups is 6. The summed E-state index contributed by atoms with van der Waals surface area (Å²) in [6, 6.07) is 10.4. The molecule has 7 N–H and O–H groups in total. The van der Waals surface area contributed by atoms with Gasteiger partial charge >= 0.3 is 73.6 Å². The summed E-state index contributed by atoms with van der Waals surface area (Å²) in [5, 5.41) is 60.1. The van der Waals surface area contributed by atoms with E-state index in [1.54, 1.807) is 27.0 Å². The standard InChI is InChI=1S/2C19H17NO7.C18H16N2O6.Ca.2H/c2*1-3-5-9-16-10(13(21)7-12(18(23)24)20(16)4-2)6-11-14(22)8-15(19(25)26)27-17(9)11;1-3-4-8-15-9(11(19-2)6-12(20-15)17(22)23)5-10-13(21)7-14(18(24)25)26-16(8)10;;;/h2*6-8H,3-5H2,1-2H3,(H,23,24)(H,25,26);5-7H,3-4H2,1-2H3,(H,19,20)(H,22,23)(H,24,25);;;/q;;;+2;2*-1. The number of carboxylic acids is 6. The van der Waals surface area contributed by atoms with Gasteiger partial charge in [0, 0.05) is 89.0 Å². The van der Waals surface area contributed by atoms with Gasteiger partial charge in [-0.05, 0) is 57.4 Å². The third kappa shape index (κ3) is 11.7.